The summed E-state index contributed by atoms with van der Waals surface area (Å²) in [5, 5.41) is 2.58. The van der Waals surface area contributed by atoms with Gasteiger partial charge in [0.15, 0.2) is 0 Å². The van der Waals surface area contributed by atoms with Crippen molar-refractivity contribution in [3.63, 3.8) is 0 Å². The molecule has 0 saturated carbocycles. The molecule has 0 bridgehead atoms. The lowest BCUT2D eigenvalue weighted by atomic mass is 10.2. The van der Waals surface area contributed by atoms with Gasteiger partial charge in [0.2, 0.25) is 11.9 Å². The molecule has 9 heteroatoms. The molecule has 2 amide bonds. The fourth-order valence-electron chi connectivity index (χ4n) is 2.80. The molecule has 3 rings (SSSR count). The Hall–Kier alpha value is -2.74. The van der Waals surface area contributed by atoms with Gasteiger partial charge in [0.1, 0.15) is 11.5 Å². The number of rotatable bonds is 3. The minimum absolute atomic E-state index is 0.0397. The molecule has 1 aliphatic heterocycles. The number of nitrogens with one attached hydrogen (secondary N) is 1. The quantitative estimate of drug-likeness (QED) is 0.869. The largest absolute Gasteiger partial charge is 0.339 e. The van der Waals surface area contributed by atoms with E-state index < -0.39 is 11.7 Å². The fourth-order valence-corrected chi connectivity index (χ4v) is 2.98. The molecule has 1 aromatic carbocycles. The number of hydrogen-bond donors (Lipinski definition) is 1. The van der Waals surface area contributed by atoms with Crippen LogP contribution in [0.4, 0.5) is 16.0 Å². The van der Waals surface area contributed by atoms with Crippen LogP contribution in [0.25, 0.3) is 0 Å². The number of anilines is 2. The normalized spacial score (nSPS) is 14.2. The summed E-state index contributed by atoms with van der Waals surface area (Å²) in [6.45, 7) is 5.69. The van der Waals surface area contributed by atoms with E-state index in [4.69, 9.17) is 11.6 Å². The second-order valence-corrected chi connectivity index (χ2v) is 6.68. The second kappa shape index (κ2) is 7.87. The van der Waals surface area contributed by atoms with E-state index in [9.17, 15) is 14.0 Å². The number of aromatic nitrogens is 2. The molecule has 7 nitrogen and oxygen atoms in total. The van der Waals surface area contributed by atoms with E-state index >= 15 is 0 Å². The number of benzene rings is 1. The molecular formula is C18H19ClFN5O2. The molecule has 0 radical (unpaired) electrons. The van der Waals surface area contributed by atoms with Gasteiger partial charge >= 0.3 is 0 Å². The minimum Gasteiger partial charge on any atom is -0.339 e. The van der Waals surface area contributed by atoms with Gasteiger partial charge in [-0.1, -0.05) is 11.6 Å². The number of amides is 2. The average molecular weight is 392 g/mol. The zero-order valence-electron chi connectivity index (χ0n) is 15.0. The van der Waals surface area contributed by atoms with Gasteiger partial charge in [0.05, 0.1) is 5.02 Å². The molecular weight excluding hydrogens is 373 g/mol. The molecule has 0 spiro atoms. The van der Waals surface area contributed by atoms with Crippen LogP contribution < -0.4 is 10.2 Å². The Morgan fingerprint density at radius 1 is 1.15 bits per heavy atom. The van der Waals surface area contributed by atoms with Crippen LogP contribution >= 0.6 is 11.6 Å². The Kier molecular flexibility index (Phi) is 5.55. The SMILES string of the molecule is CC(=O)N1CCN(c2nc(C)cc(C(=O)Nc3ccc(F)c(Cl)c3)n2)CC1. The Balaban J connectivity index is 1.75. The first-order chi connectivity index (χ1) is 12.8. The molecule has 2 heterocycles. The summed E-state index contributed by atoms with van der Waals surface area (Å²) in [6.07, 6.45) is 0. The third-order valence-electron chi connectivity index (χ3n) is 4.26. The zero-order chi connectivity index (χ0) is 19.6. The smallest absolute Gasteiger partial charge is 0.274 e. The molecule has 1 N–H and O–H groups in total. The standard InChI is InChI=1S/C18H19ClFN5O2/c1-11-9-16(17(27)22-13-3-4-15(20)14(19)10-13)23-18(21-11)25-7-5-24(6-8-25)12(2)26/h3-4,9-10H,5-8H2,1-2H3,(H,22,27). The molecule has 0 unspecified atom stereocenters. The average Bonchev–Trinajstić information content (AvgIpc) is 2.64. The van der Waals surface area contributed by atoms with Gasteiger partial charge in [0, 0.05) is 44.5 Å². The van der Waals surface area contributed by atoms with Crippen molar-refractivity contribution in [3.8, 4) is 0 Å². The molecule has 0 atom stereocenters. The maximum atomic E-state index is 13.3. The van der Waals surface area contributed by atoms with E-state index in [1.165, 1.54) is 18.2 Å². The van der Waals surface area contributed by atoms with Crippen molar-refractivity contribution in [1.29, 1.82) is 0 Å². The van der Waals surface area contributed by atoms with E-state index in [0.29, 0.717) is 43.5 Å². The highest BCUT2D eigenvalue weighted by Gasteiger charge is 2.22. The van der Waals surface area contributed by atoms with Gasteiger partial charge in [-0.05, 0) is 31.2 Å². The summed E-state index contributed by atoms with van der Waals surface area (Å²) in [4.78, 5) is 36.4. The highest BCUT2D eigenvalue weighted by Crippen LogP contribution is 2.20. The van der Waals surface area contributed by atoms with Crippen molar-refractivity contribution in [2.24, 2.45) is 0 Å². The van der Waals surface area contributed by atoms with Crippen LogP contribution in [0.15, 0.2) is 24.3 Å². The Morgan fingerprint density at radius 3 is 2.48 bits per heavy atom. The van der Waals surface area contributed by atoms with Crippen molar-refractivity contribution in [2.75, 3.05) is 36.4 Å². The van der Waals surface area contributed by atoms with Gasteiger partial charge in [-0.25, -0.2) is 14.4 Å². The molecule has 1 saturated heterocycles. The van der Waals surface area contributed by atoms with Crippen molar-refractivity contribution >= 4 is 35.1 Å². The maximum Gasteiger partial charge on any atom is 0.274 e. The van der Waals surface area contributed by atoms with E-state index in [0.717, 1.165) is 0 Å². The zero-order valence-corrected chi connectivity index (χ0v) is 15.8. The van der Waals surface area contributed by atoms with Crippen molar-refractivity contribution in [1.82, 2.24) is 14.9 Å². The van der Waals surface area contributed by atoms with Crippen molar-refractivity contribution < 1.29 is 14.0 Å². The Morgan fingerprint density at radius 2 is 1.85 bits per heavy atom. The van der Waals surface area contributed by atoms with E-state index in [-0.39, 0.29) is 16.6 Å². The first-order valence-corrected chi connectivity index (χ1v) is 8.84. The number of piperazine rings is 1. The van der Waals surface area contributed by atoms with Crippen LogP contribution in [0.2, 0.25) is 5.02 Å². The number of aryl methyl sites for hydroxylation is 1. The predicted molar refractivity (Wildman–Crippen MR) is 101 cm³/mol. The lowest BCUT2D eigenvalue weighted by molar-refractivity contribution is -0.129. The first-order valence-electron chi connectivity index (χ1n) is 8.46. The number of halogens is 2. The van der Waals surface area contributed by atoms with Crippen LogP contribution in [-0.4, -0.2) is 52.9 Å². The van der Waals surface area contributed by atoms with Crippen LogP contribution in [0.3, 0.4) is 0 Å². The number of carbonyl (C=O) groups is 2. The summed E-state index contributed by atoms with van der Waals surface area (Å²) in [5.41, 5.74) is 1.22. The van der Waals surface area contributed by atoms with Crippen molar-refractivity contribution in [3.05, 3.63) is 46.5 Å². The molecule has 27 heavy (non-hydrogen) atoms. The Labute approximate surface area is 161 Å². The molecule has 0 aliphatic carbocycles. The van der Waals surface area contributed by atoms with E-state index in [1.54, 1.807) is 24.8 Å². The van der Waals surface area contributed by atoms with Crippen LogP contribution in [-0.2, 0) is 4.79 Å². The van der Waals surface area contributed by atoms with Gasteiger partial charge in [0.25, 0.3) is 5.91 Å². The molecule has 1 aliphatic rings. The number of nitrogens with zero attached hydrogens (tertiary/aromatic N) is 4. The monoisotopic (exact) mass is 391 g/mol. The predicted octanol–water partition coefficient (Wildman–Crippen LogP) is 2.50. The summed E-state index contributed by atoms with van der Waals surface area (Å²) >= 11 is 5.74. The first kappa shape index (κ1) is 19.0. The molecule has 1 fully saturated rings. The summed E-state index contributed by atoms with van der Waals surface area (Å²) < 4.78 is 13.3. The van der Waals surface area contributed by atoms with Gasteiger partial charge in [-0.15, -0.1) is 0 Å². The van der Waals surface area contributed by atoms with E-state index in [1.807, 2.05) is 4.90 Å². The fraction of sp³-hybridized carbons (Fsp3) is 0.333. The third-order valence-corrected chi connectivity index (χ3v) is 4.55. The molecule has 2 aromatic rings. The van der Waals surface area contributed by atoms with Crippen LogP contribution in [0.1, 0.15) is 23.1 Å². The topological polar surface area (TPSA) is 78.4 Å². The highest BCUT2D eigenvalue weighted by molar-refractivity contribution is 6.31. The second-order valence-electron chi connectivity index (χ2n) is 6.27. The molecule has 1 aromatic heterocycles. The van der Waals surface area contributed by atoms with Crippen LogP contribution in [0, 0.1) is 12.7 Å². The Bertz CT molecular complexity index is 884. The lowest BCUT2D eigenvalue weighted by Crippen LogP contribution is -2.48. The third kappa shape index (κ3) is 4.51. The van der Waals surface area contributed by atoms with E-state index in [2.05, 4.69) is 15.3 Å². The van der Waals surface area contributed by atoms with Crippen LogP contribution in [0.5, 0.6) is 0 Å². The summed E-state index contributed by atoms with van der Waals surface area (Å²) in [5.74, 6) is -0.510. The highest BCUT2D eigenvalue weighted by atomic mass is 35.5. The van der Waals surface area contributed by atoms with Gasteiger partial charge in [-0.3, -0.25) is 9.59 Å². The minimum atomic E-state index is -0.556. The maximum absolute atomic E-state index is 13.3. The van der Waals surface area contributed by atoms with Gasteiger partial charge < -0.3 is 15.1 Å². The molecule has 142 valence electrons. The summed E-state index contributed by atoms with van der Waals surface area (Å²) in [7, 11) is 0. The van der Waals surface area contributed by atoms with Crippen molar-refractivity contribution in [2.45, 2.75) is 13.8 Å². The lowest BCUT2D eigenvalue weighted by Gasteiger charge is -2.34. The summed E-state index contributed by atoms with van der Waals surface area (Å²) in [6, 6.07) is 5.53. The number of hydrogen-bond acceptors (Lipinski definition) is 5. The van der Waals surface area contributed by atoms with Gasteiger partial charge in [-0.2, -0.15) is 0 Å². The number of carbonyl (C=O) groups excluding carboxylic acids is 2.